The quantitative estimate of drug-likeness (QED) is 0.732. The lowest BCUT2D eigenvalue weighted by Gasteiger charge is -2.09. The van der Waals surface area contributed by atoms with E-state index in [1.54, 1.807) is 18.2 Å². The third-order valence-corrected chi connectivity index (χ3v) is 3.12. The standard InChI is InChI=1S/C16H12ClF3N/c17-14-9-7-12(8-10-14)4-1-2-5-13-6-3-11-21-15(13)16(18,19)20/h1-2,6-11H,4-5H2. The minimum absolute atomic E-state index is 0.123. The Morgan fingerprint density at radius 3 is 2.43 bits per heavy atom. The van der Waals surface area contributed by atoms with E-state index in [2.05, 4.69) is 11.1 Å². The van der Waals surface area contributed by atoms with Gasteiger partial charge in [-0.05, 0) is 42.2 Å². The molecular weight excluding hydrogens is 299 g/mol. The molecule has 1 aromatic carbocycles. The van der Waals surface area contributed by atoms with Gasteiger partial charge in [-0.25, -0.2) is 0 Å². The molecule has 109 valence electrons. The van der Waals surface area contributed by atoms with E-state index in [4.69, 9.17) is 11.6 Å². The van der Waals surface area contributed by atoms with Crippen molar-refractivity contribution in [1.82, 2.24) is 4.98 Å². The Balaban J connectivity index is 2.00. The van der Waals surface area contributed by atoms with E-state index in [0.717, 1.165) is 11.8 Å². The second-order valence-corrected chi connectivity index (χ2v) is 4.88. The maximum Gasteiger partial charge on any atom is 0.433 e. The van der Waals surface area contributed by atoms with Crippen LogP contribution in [0.5, 0.6) is 0 Å². The van der Waals surface area contributed by atoms with Gasteiger partial charge in [0.25, 0.3) is 0 Å². The summed E-state index contributed by atoms with van der Waals surface area (Å²) in [6.45, 7) is 0. The highest BCUT2D eigenvalue weighted by Gasteiger charge is 2.34. The fourth-order valence-electron chi connectivity index (χ4n) is 1.85. The number of alkyl halides is 3. The molecule has 0 atom stereocenters. The maximum atomic E-state index is 12.7. The smallest absolute Gasteiger partial charge is 0.251 e. The molecule has 0 saturated carbocycles. The first-order chi connectivity index (χ1) is 9.97. The summed E-state index contributed by atoms with van der Waals surface area (Å²) >= 11 is 5.78. The van der Waals surface area contributed by atoms with E-state index in [1.807, 2.05) is 18.2 Å². The molecule has 2 aromatic rings. The Morgan fingerprint density at radius 1 is 1.10 bits per heavy atom. The van der Waals surface area contributed by atoms with Crippen LogP contribution in [0.15, 0.2) is 48.7 Å². The summed E-state index contributed by atoms with van der Waals surface area (Å²) in [6, 6.07) is 11.2. The molecule has 1 heterocycles. The molecule has 21 heavy (non-hydrogen) atoms. The number of aromatic nitrogens is 1. The number of benzene rings is 1. The van der Waals surface area contributed by atoms with Crippen LogP contribution in [0.1, 0.15) is 16.8 Å². The van der Waals surface area contributed by atoms with E-state index >= 15 is 0 Å². The molecule has 0 amide bonds. The van der Waals surface area contributed by atoms with Crippen molar-refractivity contribution in [3.05, 3.63) is 76.6 Å². The Hall–Kier alpha value is -1.81. The SMILES string of the molecule is FC(F)(F)c1nc[c]cc1CC=CCc1ccc(Cl)cc1. The number of halogens is 4. The average Bonchev–Trinajstić information content (AvgIpc) is 2.45. The predicted octanol–water partition coefficient (Wildman–Crippen LogP) is 4.90. The van der Waals surface area contributed by atoms with E-state index < -0.39 is 11.9 Å². The molecule has 1 radical (unpaired) electrons. The minimum atomic E-state index is -4.44. The second-order valence-electron chi connectivity index (χ2n) is 4.45. The van der Waals surface area contributed by atoms with Crippen molar-refractivity contribution in [2.24, 2.45) is 0 Å². The Labute approximate surface area is 126 Å². The highest BCUT2D eigenvalue weighted by atomic mass is 35.5. The molecule has 0 aliphatic carbocycles. The molecule has 5 heteroatoms. The third-order valence-electron chi connectivity index (χ3n) is 2.87. The second kappa shape index (κ2) is 6.76. The van der Waals surface area contributed by atoms with Gasteiger partial charge >= 0.3 is 6.18 Å². The van der Waals surface area contributed by atoms with Crippen LogP contribution in [-0.4, -0.2) is 4.98 Å². The lowest BCUT2D eigenvalue weighted by Crippen LogP contribution is -2.11. The van der Waals surface area contributed by atoms with Crippen molar-refractivity contribution in [3.8, 4) is 0 Å². The van der Waals surface area contributed by atoms with Crippen LogP contribution in [0.3, 0.4) is 0 Å². The summed E-state index contributed by atoms with van der Waals surface area (Å²) in [7, 11) is 0. The number of hydrogen-bond acceptors (Lipinski definition) is 1. The van der Waals surface area contributed by atoms with E-state index in [-0.39, 0.29) is 12.0 Å². The molecule has 0 unspecified atom stereocenters. The van der Waals surface area contributed by atoms with Gasteiger partial charge in [-0.2, -0.15) is 13.2 Å². The predicted molar refractivity (Wildman–Crippen MR) is 76.1 cm³/mol. The maximum absolute atomic E-state index is 12.7. The van der Waals surface area contributed by atoms with Gasteiger partial charge < -0.3 is 0 Å². The number of hydrogen-bond donors (Lipinski definition) is 0. The van der Waals surface area contributed by atoms with Gasteiger partial charge in [0.15, 0.2) is 0 Å². The Bertz CT molecular complexity index is 618. The summed E-state index contributed by atoms with van der Waals surface area (Å²) in [5.74, 6) is 0. The van der Waals surface area contributed by atoms with Crippen molar-refractivity contribution in [3.63, 3.8) is 0 Å². The van der Waals surface area contributed by atoms with Crippen molar-refractivity contribution in [2.45, 2.75) is 19.0 Å². The monoisotopic (exact) mass is 310 g/mol. The van der Waals surface area contributed by atoms with Gasteiger partial charge in [0.1, 0.15) is 5.69 Å². The lowest BCUT2D eigenvalue weighted by molar-refractivity contribution is -0.141. The molecular formula is C16H12ClF3N. The van der Waals surface area contributed by atoms with Gasteiger partial charge in [0.2, 0.25) is 0 Å². The van der Waals surface area contributed by atoms with Crippen LogP contribution in [0.25, 0.3) is 0 Å². The van der Waals surface area contributed by atoms with Crippen molar-refractivity contribution >= 4 is 11.6 Å². The van der Waals surface area contributed by atoms with E-state index in [0.29, 0.717) is 11.4 Å². The summed E-state index contributed by atoms with van der Waals surface area (Å²) < 4.78 is 38.2. The zero-order chi connectivity index (χ0) is 15.3. The Morgan fingerprint density at radius 2 is 1.76 bits per heavy atom. The molecule has 1 nitrogen and oxygen atoms in total. The first-order valence-corrected chi connectivity index (χ1v) is 6.66. The van der Waals surface area contributed by atoms with E-state index in [1.165, 1.54) is 6.07 Å². The first-order valence-electron chi connectivity index (χ1n) is 6.28. The summed E-state index contributed by atoms with van der Waals surface area (Å²) in [4.78, 5) is 3.37. The average molecular weight is 311 g/mol. The van der Waals surface area contributed by atoms with Crippen LogP contribution in [0, 0.1) is 6.07 Å². The molecule has 1 aromatic heterocycles. The van der Waals surface area contributed by atoms with Crippen molar-refractivity contribution in [2.75, 3.05) is 0 Å². The van der Waals surface area contributed by atoms with Gasteiger partial charge in [0, 0.05) is 17.3 Å². The topological polar surface area (TPSA) is 12.9 Å². The van der Waals surface area contributed by atoms with Gasteiger partial charge in [-0.15, -0.1) is 0 Å². The third kappa shape index (κ3) is 4.60. The highest BCUT2D eigenvalue weighted by molar-refractivity contribution is 6.30. The van der Waals surface area contributed by atoms with Crippen LogP contribution in [0.4, 0.5) is 13.2 Å². The molecule has 0 N–H and O–H groups in total. The molecule has 0 spiro atoms. The van der Waals surface area contributed by atoms with Gasteiger partial charge in [0.05, 0.1) is 0 Å². The molecule has 0 saturated heterocycles. The van der Waals surface area contributed by atoms with Crippen LogP contribution >= 0.6 is 11.6 Å². The van der Waals surface area contributed by atoms with Gasteiger partial charge in [-0.3, -0.25) is 4.98 Å². The fourth-order valence-corrected chi connectivity index (χ4v) is 1.98. The first kappa shape index (κ1) is 15.6. The van der Waals surface area contributed by atoms with Crippen molar-refractivity contribution in [1.29, 1.82) is 0 Å². The van der Waals surface area contributed by atoms with Crippen LogP contribution < -0.4 is 0 Å². The minimum Gasteiger partial charge on any atom is -0.251 e. The summed E-state index contributed by atoms with van der Waals surface area (Å²) in [6.07, 6.45) is 0.943. The zero-order valence-electron chi connectivity index (χ0n) is 11.0. The highest BCUT2D eigenvalue weighted by Crippen LogP contribution is 2.30. The molecule has 0 aliphatic rings. The normalized spacial score (nSPS) is 12.0. The van der Waals surface area contributed by atoms with Gasteiger partial charge in [-0.1, -0.05) is 35.9 Å². The molecule has 0 aliphatic heterocycles. The van der Waals surface area contributed by atoms with Crippen LogP contribution in [0.2, 0.25) is 5.02 Å². The van der Waals surface area contributed by atoms with E-state index in [9.17, 15) is 13.2 Å². The summed E-state index contributed by atoms with van der Waals surface area (Å²) in [5, 5.41) is 0.656. The number of nitrogens with zero attached hydrogens (tertiary/aromatic N) is 1. The molecule has 2 rings (SSSR count). The Kier molecular flexibility index (Phi) is 5.02. The number of allylic oxidation sites excluding steroid dienone is 2. The lowest BCUT2D eigenvalue weighted by atomic mass is 10.1. The number of rotatable bonds is 4. The number of pyridine rings is 1. The largest absolute Gasteiger partial charge is 0.433 e. The zero-order valence-corrected chi connectivity index (χ0v) is 11.7. The summed E-state index contributed by atoms with van der Waals surface area (Å²) in [5.41, 5.74) is 0.319. The molecule has 0 bridgehead atoms. The molecule has 0 fully saturated rings. The fraction of sp³-hybridized carbons (Fsp3) is 0.188. The van der Waals surface area contributed by atoms with Crippen LogP contribution in [-0.2, 0) is 19.0 Å². The van der Waals surface area contributed by atoms with Crippen molar-refractivity contribution < 1.29 is 13.2 Å².